The topological polar surface area (TPSA) is 65.8 Å². The molecule has 1 unspecified atom stereocenters. The molecule has 0 saturated carbocycles. The molecule has 2 aliphatic rings. The van der Waals surface area contributed by atoms with Crippen molar-refractivity contribution in [1.82, 2.24) is 15.1 Å². The van der Waals surface area contributed by atoms with Crippen molar-refractivity contribution in [2.45, 2.75) is 18.9 Å². The van der Waals surface area contributed by atoms with E-state index < -0.39 is 0 Å². The lowest BCUT2D eigenvalue weighted by Crippen LogP contribution is -2.57. The zero-order valence-electron chi connectivity index (χ0n) is 12.1. The van der Waals surface area contributed by atoms with Gasteiger partial charge in [-0.25, -0.2) is 0 Å². The van der Waals surface area contributed by atoms with Crippen LogP contribution in [0, 0.1) is 0 Å². The minimum Gasteiger partial charge on any atom is -0.457 e. The normalized spacial score (nSPS) is 22.4. The van der Waals surface area contributed by atoms with E-state index in [0.29, 0.717) is 23.3 Å². The average molecular weight is 393 g/mol. The van der Waals surface area contributed by atoms with Gasteiger partial charge in [0.05, 0.1) is 12.1 Å². The maximum Gasteiger partial charge on any atom is 0.257 e. The molecule has 0 radical (unpaired) electrons. The standard InChI is InChI=1S/C14H18BrN3O3.ClH/c15-12-6-10(9-21-12)14(20)17-4-1-2-11(8-17)18-5-3-16-7-13(18)19;/h6,9,11,16H,1-5,7-8H2;1H. The van der Waals surface area contributed by atoms with Crippen LogP contribution in [0.25, 0.3) is 0 Å². The first-order valence-electron chi connectivity index (χ1n) is 7.18. The zero-order chi connectivity index (χ0) is 14.8. The Hall–Kier alpha value is -1.05. The van der Waals surface area contributed by atoms with Crippen LogP contribution in [0.2, 0.25) is 0 Å². The van der Waals surface area contributed by atoms with Crippen molar-refractivity contribution in [2.24, 2.45) is 0 Å². The first kappa shape index (κ1) is 17.3. The lowest BCUT2D eigenvalue weighted by Gasteiger charge is -2.41. The number of halogens is 2. The van der Waals surface area contributed by atoms with E-state index in [1.54, 1.807) is 6.07 Å². The van der Waals surface area contributed by atoms with Gasteiger partial charge in [0.25, 0.3) is 5.91 Å². The van der Waals surface area contributed by atoms with Crippen LogP contribution in [0.5, 0.6) is 0 Å². The third-order valence-corrected chi connectivity index (χ3v) is 4.48. The Kier molecular flexibility index (Phi) is 5.88. The number of furan rings is 1. The summed E-state index contributed by atoms with van der Waals surface area (Å²) in [5, 5.41) is 3.08. The van der Waals surface area contributed by atoms with Crippen LogP contribution in [0.3, 0.4) is 0 Å². The molecule has 0 aromatic carbocycles. The quantitative estimate of drug-likeness (QED) is 0.828. The van der Waals surface area contributed by atoms with Crippen LogP contribution in [-0.4, -0.2) is 60.4 Å². The number of likely N-dealkylation sites (tertiary alicyclic amines) is 1. The Morgan fingerprint density at radius 1 is 1.41 bits per heavy atom. The fourth-order valence-corrected chi connectivity index (χ4v) is 3.35. The number of rotatable bonds is 2. The molecule has 2 fully saturated rings. The first-order chi connectivity index (χ1) is 10.1. The van der Waals surface area contributed by atoms with Crippen LogP contribution in [0.1, 0.15) is 23.2 Å². The summed E-state index contributed by atoms with van der Waals surface area (Å²) in [7, 11) is 0. The van der Waals surface area contributed by atoms with E-state index in [1.165, 1.54) is 6.26 Å². The van der Waals surface area contributed by atoms with E-state index in [0.717, 1.165) is 32.5 Å². The van der Waals surface area contributed by atoms with E-state index >= 15 is 0 Å². The Morgan fingerprint density at radius 2 is 2.23 bits per heavy atom. The fraction of sp³-hybridized carbons (Fsp3) is 0.571. The molecule has 0 bridgehead atoms. The maximum atomic E-state index is 12.5. The summed E-state index contributed by atoms with van der Waals surface area (Å²) in [6, 6.07) is 1.81. The van der Waals surface area contributed by atoms with Gasteiger partial charge in [-0.2, -0.15) is 0 Å². The third kappa shape index (κ3) is 3.64. The summed E-state index contributed by atoms with van der Waals surface area (Å²) >= 11 is 3.21. The lowest BCUT2D eigenvalue weighted by atomic mass is 10.0. The van der Waals surface area contributed by atoms with Crippen molar-refractivity contribution in [3.05, 3.63) is 22.6 Å². The van der Waals surface area contributed by atoms with Gasteiger partial charge in [-0.05, 0) is 28.8 Å². The molecule has 0 spiro atoms. The fourth-order valence-electron chi connectivity index (χ4n) is 3.01. The number of piperidine rings is 1. The van der Waals surface area contributed by atoms with Crippen molar-refractivity contribution in [3.63, 3.8) is 0 Å². The van der Waals surface area contributed by atoms with Gasteiger partial charge in [-0.15, -0.1) is 12.4 Å². The molecule has 2 aliphatic heterocycles. The molecule has 6 nitrogen and oxygen atoms in total. The highest BCUT2D eigenvalue weighted by molar-refractivity contribution is 9.10. The van der Waals surface area contributed by atoms with E-state index in [2.05, 4.69) is 21.2 Å². The highest BCUT2D eigenvalue weighted by atomic mass is 79.9. The number of hydrogen-bond donors (Lipinski definition) is 1. The molecule has 2 amide bonds. The van der Waals surface area contributed by atoms with Gasteiger partial charge in [-0.3, -0.25) is 9.59 Å². The summed E-state index contributed by atoms with van der Waals surface area (Å²) in [5.41, 5.74) is 0.550. The van der Waals surface area contributed by atoms with Gasteiger partial charge >= 0.3 is 0 Å². The molecule has 2 saturated heterocycles. The first-order valence-corrected chi connectivity index (χ1v) is 7.98. The van der Waals surface area contributed by atoms with Crippen LogP contribution in [0.4, 0.5) is 0 Å². The molecule has 22 heavy (non-hydrogen) atoms. The van der Waals surface area contributed by atoms with Gasteiger partial charge in [0.15, 0.2) is 4.67 Å². The molecular weight excluding hydrogens is 374 g/mol. The van der Waals surface area contributed by atoms with Crippen LogP contribution in [0.15, 0.2) is 21.4 Å². The van der Waals surface area contributed by atoms with E-state index in [4.69, 9.17) is 4.42 Å². The molecule has 1 aromatic heterocycles. The van der Waals surface area contributed by atoms with Crippen molar-refractivity contribution < 1.29 is 14.0 Å². The largest absolute Gasteiger partial charge is 0.457 e. The van der Waals surface area contributed by atoms with Gasteiger partial charge in [-0.1, -0.05) is 0 Å². The Labute approximate surface area is 143 Å². The van der Waals surface area contributed by atoms with Crippen molar-refractivity contribution >= 4 is 40.2 Å². The molecule has 1 N–H and O–H groups in total. The number of nitrogens with one attached hydrogen (secondary N) is 1. The number of carbonyl (C=O) groups is 2. The molecule has 3 heterocycles. The summed E-state index contributed by atoms with van der Waals surface area (Å²) < 4.78 is 5.69. The van der Waals surface area contributed by atoms with Crippen LogP contribution >= 0.6 is 28.3 Å². The number of carbonyl (C=O) groups excluding carboxylic acids is 2. The monoisotopic (exact) mass is 391 g/mol. The highest BCUT2D eigenvalue weighted by Gasteiger charge is 2.32. The Bertz CT molecular complexity index is 551. The maximum absolute atomic E-state index is 12.5. The SMILES string of the molecule is Cl.O=C(c1coc(Br)c1)N1CCCC(N2CCNCC2=O)C1. The summed E-state index contributed by atoms with van der Waals surface area (Å²) in [4.78, 5) is 28.2. The number of hydrogen-bond acceptors (Lipinski definition) is 4. The predicted octanol–water partition coefficient (Wildman–Crippen LogP) is 1.50. The van der Waals surface area contributed by atoms with Crippen LogP contribution < -0.4 is 5.32 Å². The number of amides is 2. The summed E-state index contributed by atoms with van der Waals surface area (Å²) in [6.07, 6.45) is 3.35. The molecule has 3 rings (SSSR count). The van der Waals surface area contributed by atoms with E-state index in [9.17, 15) is 9.59 Å². The average Bonchev–Trinajstić information content (AvgIpc) is 2.94. The predicted molar refractivity (Wildman–Crippen MR) is 87.2 cm³/mol. The smallest absolute Gasteiger partial charge is 0.257 e. The number of piperazine rings is 1. The minimum atomic E-state index is -0.0308. The second-order valence-electron chi connectivity index (χ2n) is 5.45. The van der Waals surface area contributed by atoms with Gasteiger partial charge < -0.3 is 19.5 Å². The molecule has 8 heteroatoms. The van der Waals surface area contributed by atoms with Crippen molar-refractivity contribution in [1.29, 1.82) is 0 Å². The third-order valence-electron chi connectivity index (χ3n) is 4.06. The second-order valence-corrected chi connectivity index (χ2v) is 6.23. The van der Waals surface area contributed by atoms with Gasteiger partial charge in [0.2, 0.25) is 5.91 Å². The van der Waals surface area contributed by atoms with Crippen molar-refractivity contribution in [2.75, 3.05) is 32.7 Å². The van der Waals surface area contributed by atoms with E-state index in [1.807, 2.05) is 9.80 Å². The molecular formula is C14H19BrClN3O3. The summed E-state index contributed by atoms with van der Waals surface area (Å²) in [5.74, 6) is 0.100. The second kappa shape index (κ2) is 7.48. The molecule has 1 atom stereocenters. The molecule has 0 aliphatic carbocycles. The molecule has 1 aromatic rings. The summed E-state index contributed by atoms with van der Waals surface area (Å²) in [6.45, 7) is 3.29. The van der Waals surface area contributed by atoms with E-state index in [-0.39, 0.29) is 30.3 Å². The van der Waals surface area contributed by atoms with Crippen LogP contribution in [-0.2, 0) is 4.79 Å². The Morgan fingerprint density at radius 3 is 2.91 bits per heavy atom. The zero-order valence-corrected chi connectivity index (χ0v) is 14.5. The van der Waals surface area contributed by atoms with Crippen molar-refractivity contribution in [3.8, 4) is 0 Å². The highest BCUT2D eigenvalue weighted by Crippen LogP contribution is 2.21. The molecule has 122 valence electrons. The number of nitrogens with zero attached hydrogens (tertiary/aromatic N) is 2. The Balaban J connectivity index is 0.00000176. The minimum absolute atomic E-state index is 0. The van der Waals surface area contributed by atoms with Gasteiger partial charge in [0.1, 0.15) is 6.26 Å². The van der Waals surface area contributed by atoms with Gasteiger partial charge in [0, 0.05) is 38.3 Å². The lowest BCUT2D eigenvalue weighted by molar-refractivity contribution is -0.135.